The molecule has 0 radical (unpaired) electrons. The van der Waals surface area contributed by atoms with Crippen molar-refractivity contribution in [2.24, 2.45) is 5.92 Å². The van der Waals surface area contributed by atoms with Crippen LogP contribution in [0.25, 0.3) is 0 Å². The monoisotopic (exact) mass is 266 g/mol. The first kappa shape index (κ1) is 12.9. The van der Waals surface area contributed by atoms with Gasteiger partial charge in [-0.25, -0.2) is 8.78 Å². The van der Waals surface area contributed by atoms with Crippen molar-refractivity contribution in [2.75, 3.05) is 11.9 Å². The van der Waals surface area contributed by atoms with Gasteiger partial charge in [-0.15, -0.1) is 0 Å². The minimum atomic E-state index is -0.779. The van der Waals surface area contributed by atoms with Crippen LogP contribution >= 0.6 is 0 Å². The van der Waals surface area contributed by atoms with E-state index in [2.05, 4.69) is 10.6 Å². The van der Waals surface area contributed by atoms with Crippen LogP contribution in [0.1, 0.15) is 32.1 Å². The molecule has 4 heteroatoms. The molecule has 2 N–H and O–H groups in total. The van der Waals surface area contributed by atoms with Gasteiger partial charge in [0.25, 0.3) is 0 Å². The third-order valence-electron chi connectivity index (χ3n) is 4.48. The normalized spacial score (nSPS) is 30.7. The molecule has 2 aliphatic rings. The van der Waals surface area contributed by atoms with E-state index in [1.807, 2.05) is 0 Å². The van der Waals surface area contributed by atoms with Crippen LogP contribution < -0.4 is 10.6 Å². The van der Waals surface area contributed by atoms with E-state index in [-0.39, 0.29) is 6.04 Å². The van der Waals surface area contributed by atoms with Crippen LogP contribution in [0.3, 0.4) is 0 Å². The van der Waals surface area contributed by atoms with E-state index < -0.39 is 11.6 Å². The Labute approximate surface area is 112 Å². The van der Waals surface area contributed by atoms with Crippen LogP contribution in [0.2, 0.25) is 0 Å². The van der Waals surface area contributed by atoms with E-state index in [1.54, 1.807) is 12.1 Å². The molecule has 3 atom stereocenters. The largest absolute Gasteiger partial charge is 0.380 e. The highest BCUT2D eigenvalue weighted by Crippen LogP contribution is 2.34. The van der Waals surface area contributed by atoms with E-state index in [0.717, 1.165) is 25.5 Å². The summed E-state index contributed by atoms with van der Waals surface area (Å²) in [5.74, 6) is -1.00. The fraction of sp³-hybridized carbons (Fsp3) is 0.600. The maximum absolute atomic E-state index is 13.7. The first-order valence-electron chi connectivity index (χ1n) is 7.19. The average Bonchev–Trinajstić information content (AvgIpc) is 3.05. The Hall–Kier alpha value is -1.16. The van der Waals surface area contributed by atoms with Crippen LogP contribution in [-0.4, -0.2) is 18.6 Å². The Bertz CT molecular complexity index is 444. The summed E-state index contributed by atoms with van der Waals surface area (Å²) in [5, 5.41) is 6.75. The van der Waals surface area contributed by atoms with E-state index in [4.69, 9.17) is 0 Å². The summed E-state index contributed by atoms with van der Waals surface area (Å²) in [6.45, 7) is 1.09. The highest BCUT2D eigenvalue weighted by Gasteiger charge is 2.35. The van der Waals surface area contributed by atoms with Crippen molar-refractivity contribution in [1.29, 1.82) is 0 Å². The van der Waals surface area contributed by atoms with Crippen molar-refractivity contribution < 1.29 is 8.78 Å². The minimum Gasteiger partial charge on any atom is -0.380 e. The highest BCUT2D eigenvalue weighted by molar-refractivity contribution is 5.46. The Morgan fingerprint density at radius 3 is 2.79 bits per heavy atom. The molecule has 104 valence electrons. The molecular formula is C15H20F2N2. The SMILES string of the molecule is Fc1cccc(NC2CCCC2C2CCCN2)c1F. The standard InChI is InChI=1S/C15H20F2N2/c16-11-5-2-7-14(15(11)17)19-13-6-1-4-10(13)12-8-3-9-18-12/h2,5,7,10,12-13,18-19H,1,3-4,6,8-9H2. The van der Waals surface area contributed by atoms with Gasteiger partial charge in [0.1, 0.15) is 0 Å². The van der Waals surface area contributed by atoms with Crippen molar-refractivity contribution in [3.63, 3.8) is 0 Å². The lowest BCUT2D eigenvalue weighted by Gasteiger charge is -2.27. The zero-order chi connectivity index (χ0) is 13.2. The summed E-state index contributed by atoms with van der Waals surface area (Å²) < 4.78 is 26.9. The molecule has 2 nitrogen and oxygen atoms in total. The molecule has 1 aromatic rings. The summed E-state index contributed by atoms with van der Waals surface area (Å²) in [6.07, 6.45) is 5.80. The van der Waals surface area contributed by atoms with Gasteiger partial charge in [0.2, 0.25) is 0 Å². The molecule has 0 bridgehead atoms. The lowest BCUT2D eigenvalue weighted by Crippen LogP contribution is -2.38. The summed E-state index contributed by atoms with van der Waals surface area (Å²) >= 11 is 0. The van der Waals surface area contributed by atoms with Crippen LogP contribution in [0.15, 0.2) is 18.2 Å². The number of rotatable bonds is 3. The Kier molecular flexibility index (Phi) is 3.69. The first-order chi connectivity index (χ1) is 9.25. The Balaban J connectivity index is 1.72. The fourth-order valence-electron chi connectivity index (χ4n) is 3.54. The van der Waals surface area contributed by atoms with Gasteiger partial charge in [-0.05, 0) is 50.3 Å². The van der Waals surface area contributed by atoms with Crippen LogP contribution in [-0.2, 0) is 0 Å². The average molecular weight is 266 g/mol. The van der Waals surface area contributed by atoms with Crippen molar-refractivity contribution >= 4 is 5.69 Å². The quantitative estimate of drug-likeness (QED) is 0.877. The molecule has 1 saturated carbocycles. The first-order valence-corrected chi connectivity index (χ1v) is 7.19. The third-order valence-corrected chi connectivity index (χ3v) is 4.48. The van der Waals surface area contributed by atoms with Gasteiger partial charge < -0.3 is 10.6 Å². The molecule has 0 aromatic heterocycles. The second kappa shape index (κ2) is 5.45. The maximum atomic E-state index is 13.7. The summed E-state index contributed by atoms with van der Waals surface area (Å²) in [5.41, 5.74) is 0.301. The molecule has 0 amide bonds. The molecular weight excluding hydrogens is 246 g/mol. The minimum absolute atomic E-state index is 0.256. The third kappa shape index (κ3) is 2.59. The number of benzene rings is 1. The summed E-state index contributed by atoms with van der Waals surface area (Å²) in [7, 11) is 0. The van der Waals surface area contributed by atoms with Gasteiger partial charge in [0.05, 0.1) is 5.69 Å². The predicted octanol–water partition coefficient (Wildman–Crippen LogP) is 3.30. The molecule has 1 aliphatic heterocycles. The summed E-state index contributed by atoms with van der Waals surface area (Å²) in [6, 6.07) is 5.13. The predicted molar refractivity (Wildman–Crippen MR) is 72.1 cm³/mol. The van der Waals surface area contributed by atoms with E-state index in [0.29, 0.717) is 17.6 Å². The van der Waals surface area contributed by atoms with Crippen molar-refractivity contribution in [3.05, 3.63) is 29.8 Å². The zero-order valence-electron chi connectivity index (χ0n) is 11.0. The van der Waals surface area contributed by atoms with E-state index >= 15 is 0 Å². The van der Waals surface area contributed by atoms with Crippen LogP contribution in [0, 0.1) is 17.6 Å². The summed E-state index contributed by atoms with van der Waals surface area (Å²) in [4.78, 5) is 0. The van der Waals surface area contributed by atoms with Gasteiger partial charge in [0.15, 0.2) is 11.6 Å². The molecule has 3 rings (SSSR count). The molecule has 1 aliphatic carbocycles. The number of halogens is 2. The molecule has 0 spiro atoms. The number of anilines is 1. The lowest BCUT2D eigenvalue weighted by molar-refractivity contribution is 0.375. The van der Waals surface area contributed by atoms with E-state index in [1.165, 1.54) is 19.3 Å². The Morgan fingerprint density at radius 2 is 2.00 bits per heavy atom. The zero-order valence-corrected chi connectivity index (χ0v) is 11.0. The van der Waals surface area contributed by atoms with Gasteiger partial charge in [-0.1, -0.05) is 12.5 Å². The molecule has 1 heterocycles. The fourth-order valence-corrected chi connectivity index (χ4v) is 3.54. The van der Waals surface area contributed by atoms with Gasteiger partial charge in [-0.3, -0.25) is 0 Å². The topological polar surface area (TPSA) is 24.1 Å². The molecule has 1 saturated heterocycles. The number of nitrogens with one attached hydrogen (secondary N) is 2. The van der Waals surface area contributed by atoms with Crippen molar-refractivity contribution in [1.82, 2.24) is 5.32 Å². The van der Waals surface area contributed by atoms with Crippen LogP contribution in [0.5, 0.6) is 0 Å². The Morgan fingerprint density at radius 1 is 1.11 bits per heavy atom. The smallest absolute Gasteiger partial charge is 0.181 e. The highest BCUT2D eigenvalue weighted by atomic mass is 19.2. The molecule has 2 fully saturated rings. The van der Waals surface area contributed by atoms with Gasteiger partial charge in [-0.2, -0.15) is 0 Å². The number of hydrogen-bond donors (Lipinski definition) is 2. The lowest BCUT2D eigenvalue weighted by atomic mass is 9.93. The maximum Gasteiger partial charge on any atom is 0.181 e. The molecule has 19 heavy (non-hydrogen) atoms. The van der Waals surface area contributed by atoms with Gasteiger partial charge >= 0.3 is 0 Å². The number of hydrogen-bond acceptors (Lipinski definition) is 2. The molecule has 1 aromatic carbocycles. The van der Waals surface area contributed by atoms with Crippen molar-refractivity contribution in [2.45, 2.75) is 44.2 Å². The van der Waals surface area contributed by atoms with Crippen LogP contribution in [0.4, 0.5) is 14.5 Å². The van der Waals surface area contributed by atoms with E-state index in [9.17, 15) is 8.78 Å². The second-order valence-corrected chi connectivity index (χ2v) is 5.65. The second-order valence-electron chi connectivity index (χ2n) is 5.65. The molecule has 3 unspecified atom stereocenters. The van der Waals surface area contributed by atoms with Crippen molar-refractivity contribution in [3.8, 4) is 0 Å². The van der Waals surface area contributed by atoms with Gasteiger partial charge in [0, 0.05) is 12.1 Å².